The summed E-state index contributed by atoms with van der Waals surface area (Å²) in [5.74, 6) is -0.00856. The monoisotopic (exact) mass is 208 g/mol. The molecule has 0 radical (unpaired) electrons. The molecule has 0 aliphatic heterocycles. The summed E-state index contributed by atoms with van der Waals surface area (Å²) < 4.78 is 0. The Labute approximate surface area is 84.5 Å². The van der Waals surface area contributed by atoms with Crippen LogP contribution in [0.4, 0.5) is 5.95 Å². The third kappa shape index (κ3) is 1.33. The summed E-state index contributed by atoms with van der Waals surface area (Å²) in [6.45, 7) is 0. The highest BCUT2D eigenvalue weighted by molar-refractivity contribution is 7.98. The summed E-state index contributed by atoms with van der Waals surface area (Å²) in [5, 5.41) is 15.0. The van der Waals surface area contributed by atoms with E-state index in [1.807, 2.05) is 18.4 Å². The summed E-state index contributed by atoms with van der Waals surface area (Å²) in [6.07, 6.45) is 1.89. The van der Waals surface area contributed by atoms with Gasteiger partial charge in [-0.25, -0.2) is 4.98 Å². The Kier molecular flexibility index (Phi) is 2.12. The minimum absolute atomic E-state index is 0.00856. The van der Waals surface area contributed by atoms with Gasteiger partial charge in [0.2, 0.25) is 0 Å². The van der Waals surface area contributed by atoms with Crippen molar-refractivity contribution >= 4 is 28.7 Å². The number of para-hydroxylation sites is 1. The molecule has 1 aromatic heterocycles. The van der Waals surface area contributed by atoms with Crippen molar-refractivity contribution in [1.29, 1.82) is 0 Å². The van der Waals surface area contributed by atoms with Gasteiger partial charge >= 0.3 is 0 Å². The molecule has 2 rings (SSSR count). The number of nitrogens with zero attached hydrogens (tertiary/aromatic N) is 3. The lowest BCUT2D eigenvalue weighted by atomic mass is 10.3. The van der Waals surface area contributed by atoms with Crippen molar-refractivity contribution in [2.24, 2.45) is 0 Å². The van der Waals surface area contributed by atoms with Crippen LogP contribution in [0, 0.1) is 5.21 Å². The zero-order valence-electron chi connectivity index (χ0n) is 7.47. The Hall–Kier alpha value is -1.56. The number of anilines is 1. The van der Waals surface area contributed by atoms with E-state index in [4.69, 9.17) is 5.73 Å². The lowest BCUT2D eigenvalue weighted by molar-refractivity contribution is -0.642. The second-order valence-electron chi connectivity index (χ2n) is 2.67. The topological polar surface area (TPSA) is 78.7 Å². The molecule has 0 saturated heterocycles. The molecule has 14 heavy (non-hydrogen) atoms. The van der Waals surface area contributed by atoms with Crippen LogP contribution in [0.5, 0.6) is 0 Å². The fourth-order valence-corrected chi connectivity index (χ4v) is 1.84. The molecule has 1 heterocycles. The van der Waals surface area contributed by atoms with Gasteiger partial charge in [0.15, 0.2) is 0 Å². The number of nitrogens with two attached hydrogens (primary N) is 1. The Bertz CT molecular complexity index is 488. The van der Waals surface area contributed by atoms with Gasteiger partial charge in [0.25, 0.3) is 11.5 Å². The fourth-order valence-electron chi connectivity index (χ4n) is 1.25. The molecule has 0 atom stereocenters. The highest BCUT2D eigenvalue weighted by Gasteiger charge is 2.12. The van der Waals surface area contributed by atoms with E-state index < -0.39 is 0 Å². The maximum absolute atomic E-state index is 11.5. The standard InChI is InChI=1S/C8H8N4OS/c1-14-6-4-2-3-5-7(6)12(13)11-8(9)10-5/h2-4H,1H3,(H2,9,10,11). The zero-order valence-corrected chi connectivity index (χ0v) is 8.28. The molecular weight excluding hydrogens is 200 g/mol. The number of thioether (sulfide) groups is 1. The van der Waals surface area contributed by atoms with Gasteiger partial charge in [-0.1, -0.05) is 6.07 Å². The molecule has 2 N–H and O–H groups in total. The SMILES string of the molecule is CSc1cccc2nc(N)n[n+]([O-])c12. The maximum atomic E-state index is 11.5. The van der Waals surface area contributed by atoms with Gasteiger partial charge in [-0.05, 0) is 23.2 Å². The minimum atomic E-state index is -0.00856. The van der Waals surface area contributed by atoms with Crippen LogP contribution in [0.25, 0.3) is 11.0 Å². The average molecular weight is 208 g/mol. The van der Waals surface area contributed by atoms with Crippen LogP contribution in [-0.2, 0) is 0 Å². The zero-order chi connectivity index (χ0) is 10.1. The first-order valence-corrected chi connectivity index (χ1v) is 5.15. The van der Waals surface area contributed by atoms with Gasteiger partial charge in [0, 0.05) is 0 Å². The number of rotatable bonds is 1. The van der Waals surface area contributed by atoms with Crippen LogP contribution in [0.3, 0.4) is 0 Å². The Morgan fingerprint density at radius 2 is 2.29 bits per heavy atom. The Balaban J connectivity index is 2.87. The number of benzene rings is 1. The molecule has 0 saturated carbocycles. The van der Waals surface area contributed by atoms with Gasteiger partial charge in [0.05, 0.1) is 9.99 Å². The van der Waals surface area contributed by atoms with Crippen LogP contribution < -0.4 is 10.6 Å². The maximum Gasteiger partial charge on any atom is 0.288 e. The lowest BCUT2D eigenvalue weighted by Gasteiger charge is -2.02. The predicted octanol–water partition coefficient (Wildman–Crippen LogP) is 0.567. The Morgan fingerprint density at radius 3 is 3.00 bits per heavy atom. The normalized spacial score (nSPS) is 10.6. The van der Waals surface area contributed by atoms with Gasteiger partial charge in [0.1, 0.15) is 5.52 Å². The van der Waals surface area contributed by atoms with E-state index in [0.717, 1.165) is 4.90 Å². The molecule has 5 nitrogen and oxygen atoms in total. The Morgan fingerprint density at radius 1 is 1.50 bits per heavy atom. The number of fused-ring (bicyclic) bond motifs is 1. The number of aromatic nitrogens is 3. The average Bonchev–Trinajstić information content (AvgIpc) is 2.16. The molecule has 0 spiro atoms. The van der Waals surface area contributed by atoms with Crippen LogP contribution in [0.2, 0.25) is 0 Å². The molecular formula is C8H8N4OS. The highest BCUT2D eigenvalue weighted by atomic mass is 32.2. The second-order valence-corrected chi connectivity index (χ2v) is 3.52. The van der Waals surface area contributed by atoms with Crippen LogP contribution >= 0.6 is 11.8 Å². The van der Waals surface area contributed by atoms with Gasteiger partial charge < -0.3 is 10.9 Å². The van der Waals surface area contributed by atoms with Gasteiger partial charge in [-0.3, -0.25) is 0 Å². The third-order valence-electron chi connectivity index (χ3n) is 1.82. The number of nitrogen functional groups attached to an aromatic ring is 1. The molecule has 0 fully saturated rings. The molecule has 6 heteroatoms. The summed E-state index contributed by atoms with van der Waals surface area (Å²) in [6, 6.07) is 5.42. The van der Waals surface area contributed by atoms with Crippen molar-refractivity contribution in [2.45, 2.75) is 4.90 Å². The molecule has 0 aliphatic rings. The van der Waals surface area contributed by atoms with Crippen molar-refractivity contribution < 1.29 is 4.85 Å². The third-order valence-corrected chi connectivity index (χ3v) is 2.59. The molecule has 0 amide bonds. The smallest absolute Gasteiger partial charge is 0.288 e. The van der Waals surface area contributed by atoms with Gasteiger partial charge in [-0.2, -0.15) is 0 Å². The summed E-state index contributed by atoms with van der Waals surface area (Å²) in [5.41, 5.74) is 6.40. The predicted molar refractivity (Wildman–Crippen MR) is 54.7 cm³/mol. The first kappa shape index (κ1) is 9.01. The van der Waals surface area contributed by atoms with Crippen LogP contribution in [0.1, 0.15) is 0 Å². The highest BCUT2D eigenvalue weighted by Crippen LogP contribution is 2.21. The van der Waals surface area contributed by atoms with Gasteiger partial charge in [-0.15, -0.1) is 11.8 Å². The van der Waals surface area contributed by atoms with Crippen molar-refractivity contribution in [1.82, 2.24) is 10.1 Å². The van der Waals surface area contributed by atoms with Crippen LogP contribution in [-0.4, -0.2) is 16.3 Å². The van der Waals surface area contributed by atoms with E-state index in [-0.39, 0.29) is 5.95 Å². The fraction of sp³-hybridized carbons (Fsp3) is 0.125. The van der Waals surface area contributed by atoms with E-state index in [1.165, 1.54) is 11.8 Å². The quantitative estimate of drug-likeness (QED) is 0.421. The van der Waals surface area contributed by atoms with Crippen LogP contribution in [0.15, 0.2) is 23.1 Å². The molecule has 2 aromatic rings. The molecule has 1 aromatic carbocycles. The summed E-state index contributed by atoms with van der Waals surface area (Å²) in [4.78, 5) is 5.34. The summed E-state index contributed by atoms with van der Waals surface area (Å²) in [7, 11) is 0. The van der Waals surface area contributed by atoms with Crippen molar-refractivity contribution in [3.05, 3.63) is 23.4 Å². The second kappa shape index (κ2) is 3.30. The lowest BCUT2D eigenvalue weighted by Crippen LogP contribution is -2.34. The van der Waals surface area contributed by atoms with E-state index >= 15 is 0 Å². The van der Waals surface area contributed by atoms with E-state index in [2.05, 4.69) is 10.1 Å². The van der Waals surface area contributed by atoms with E-state index in [9.17, 15) is 5.21 Å². The summed E-state index contributed by atoms with van der Waals surface area (Å²) >= 11 is 1.48. The number of hydrogen-bond acceptors (Lipinski definition) is 5. The van der Waals surface area contributed by atoms with E-state index in [1.54, 1.807) is 6.07 Å². The van der Waals surface area contributed by atoms with Crippen molar-refractivity contribution in [3.63, 3.8) is 0 Å². The molecule has 0 aliphatic carbocycles. The molecule has 0 unspecified atom stereocenters. The largest absolute Gasteiger partial charge is 0.594 e. The first-order chi connectivity index (χ1) is 6.72. The van der Waals surface area contributed by atoms with Crippen molar-refractivity contribution in [2.75, 3.05) is 12.0 Å². The molecule has 72 valence electrons. The minimum Gasteiger partial charge on any atom is -0.594 e. The van der Waals surface area contributed by atoms with E-state index in [0.29, 0.717) is 15.9 Å². The molecule has 0 bridgehead atoms. The number of hydrogen-bond donors (Lipinski definition) is 1. The van der Waals surface area contributed by atoms with Crippen molar-refractivity contribution in [3.8, 4) is 0 Å². The first-order valence-electron chi connectivity index (χ1n) is 3.92.